The van der Waals surface area contributed by atoms with Crippen LogP contribution in [0.4, 0.5) is 13.2 Å². The first-order chi connectivity index (χ1) is 6.60. The predicted octanol–water partition coefficient (Wildman–Crippen LogP) is 1.52. The molecule has 0 atom stereocenters. The molecular weight excluding hydrogens is 197 g/mol. The molecule has 0 amide bonds. The Balaban J connectivity index is 3.36. The van der Waals surface area contributed by atoms with Gasteiger partial charge in [0.1, 0.15) is 6.07 Å². The maximum absolute atomic E-state index is 13.0. The normalized spacial score (nSPS) is 10.3. The zero-order valence-corrected chi connectivity index (χ0v) is 6.84. The van der Waals surface area contributed by atoms with E-state index in [1.807, 2.05) is 0 Å². The van der Waals surface area contributed by atoms with Crippen LogP contribution in [0.25, 0.3) is 0 Å². The molecule has 0 bridgehead atoms. The molecule has 0 aliphatic carbocycles. The van der Waals surface area contributed by atoms with Crippen molar-refractivity contribution in [3.63, 3.8) is 0 Å². The van der Waals surface area contributed by atoms with Gasteiger partial charge in [-0.1, -0.05) is 0 Å². The lowest BCUT2D eigenvalue weighted by Crippen LogP contribution is -2.02. The third-order valence-corrected chi connectivity index (χ3v) is 1.54. The molecule has 1 aromatic heterocycles. The number of hydrogen-bond donors (Lipinski definition) is 1. The van der Waals surface area contributed by atoms with E-state index in [-0.39, 0.29) is 5.69 Å². The van der Waals surface area contributed by atoms with Crippen molar-refractivity contribution >= 4 is 0 Å². The van der Waals surface area contributed by atoms with Crippen LogP contribution in [-0.4, -0.2) is 10.1 Å². The van der Waals surface area contributed by atoms with Crippen molar-refractivity contribution in [2.75, 3.05) is 0 Å². The van der Waals surface area contributed by atoms with E-state index in [2.05, 4.69) is 4.98 Å². The van der Waals surface area contributed by atoms with Crippen LogP contribution in [-0.2, 0) is 6.61 Å². The average molecular weight is 202 g/mol. The molecule has 1 N–H and O–H groups in total. The minimum absolute atomic E-state index is 0.154. The van der Waals surface area contributed by atoms with E-state index in [1.165, 1.54) is 6.07 Å². The molecule has 0 fully saturated rings. The van der Waals surface area contributed by atoms with Gasteiger partial charge in [0.2, 0.25) is 0 Å². The number of aromatic nitrogens is 1. The van der Waals surface area contributed by atoms with Crippen LogP contribution in [0, 0.1) is 17.1 Å². The summed E-state index contributed by atoms with van der Waals surface area (Å²) in [7, 11) is 0. The SMILES string of the molecule is N#Cc1nc(CO)cc(C(F)F)c1F. The minimum Gasteiger partial charge on any atom is -0.390 e. The topological polar surface area (TPSA) is 56.9 Å². The van der Waals surface area contributed by atoms with E-state index in [1.54, 1.807) is 0 Å². The van der Waals surface area contributed by atoms with Crippen LogP contribution in [0.5, 0.6) is 0 Å². The number of aliphatic hydroxyl groups excluding tert-OH is 1. The Morgan fingerprint density at radius 1 is 1.57 bits per heavy atom. The van der Waals surface area contributed by atoms with E-state index >= 15 is 0 Å². The monoisotopic (exact) mass is 202 g/mol. The average Bonchev–Trinajstić information content (AvgIpc) is 2.17. The Morgan fingerprint density at radius 3 is 2.64 bits per heavy atom. The molecule has 3 nitrogen and oxygen atoms in total. The quantitative estimate of drug-likeness (QED) is 0.790. The second kappa shape index (κ2) is 4.07. The summed E-state index contributed by atoms with van der Waals surface area (Å²) in [5.74, 6) is -1.33. The van der Waals surface area contributed by atoms with Gasteiger partial charge in [-0.15, -0.1) is 0 Å². The van der Waals surface area contributed by atoms with E-state index in [0.29, 0.717) is 0 Å². The van der Waals surface area contributed by atoms with Crippen LogP contribution in [0.3, 0.4) is 0 Å². The summed E-state index contributed by atoms with van der Waals surface area (Å²) in [6.07, 6.45) is -3.03. The Hall–Kier alpha value is -1.61. The number of nitrogens with zero attached hydrogens (tertiary/aromatic N) is 2. The van der Waals surface area contributed by atoms with Gasteiger partial charge >= 0.3 is 0 Å². The first kappa shape index (κ1) is 10.5. The lowest BCUT2D eigenvalue weighted by molar-refractivity contribution is 0.145. The van der Waals surface area contributed by atoms with Gasteiger partial charge in [0, 0.05) is 0 Å². The van der Waals surface area contributed by atoms with Crippen molar-refractivity contribution in [2.45, 2.75) is 13.0 Å². The fourth-order valence-electron chi connectivity index (χ4n) is 0.918. The second-order valence-corrected chi connectivity index (χ2v) is 2.44. The van der Waals surface area contributed by atoms with E-state index in [0.717, 1.165) is 6.07 Å². The molecule has 14 heavy (non-hydrogen) atoms. The highest BCUT2D eigenvalue weighted by molar-refractivity contribution is 5.31. The van der Waals surface area contributed by atoms with Crippen LogP contribution in [0.2, 0.25) is 0 Å². The highest BCUT2D eigenvalue weighted by Crippen LogP contribution is 2.23. The molecule has 1 aromatic rings. The number of hydrogen-bond acceptors (Lipinski definition) is 3. The number of aliphatic hydroxyl groups is 1. The highest BCUT2D eigenvalue weighted by Gasteiger charge is 2.19. The lowest BCUT2D eigenvalue weighted by Gasteiger charge is -2.04. The number of pyridine rings is 1. The Labute approximate surface area is 77.4 Å². The fraction of sp³-hybridized carbons (Fsp3) is 0.250. The Bertz CT molecular complexity index is 387. The molecule has 0 saturated heterocycles. The van der Waals surface area contributed by atoms with E-state index in [9.17, 15) is 13.2 Å². The summed E-state index contributed by atoms with van der Waals surface area (Å²) in [5.41, 5.74) is -1.80. The van der Waals surface area contributed by atoms with E-state index in [4.69, 9.17) is 10.4 Å². The first-order valence-electron chi connectivity index (χ1n) is 3.58. The number of nitriles is 1. The summed E-state index contributed by atoms with van der Waals surface area (Å²) in [6, 6.07) is 2.07. The summed E-state index contributed by atoms with van der Waals surface area (Å²) in [6.45, 7) is -0.616. The summed E-state index contributed by atoms with van der Waals surface area (Å²) in [4.78, 5) is 3.33. The lowest BCUT2D eigenvalue weighted by atomic mass is 10.2. The van der Waals surface area contributed by atoms with Gasteiger partial charge in [-0.2, -0.15) is 5.26 Å². The zero-order valence-electron chi connectivity index (χ0n) is 6.84. The maximum Gasteiger partial charge on any atom is 0.266 e. The van der Waals surface area contributed by atoms with Crippen molar-refractivity contribution in [1.82, 2.24) is 4.98 Å². The van der Waals surface area contributed by atoms with Gasteiger partial charge in [-0.3, -0.25) is 0 Å². The fourth-order valence-corrected chi connectivity index (χ4v) is 0.918. The molecular formula is C8H5F3N2O. The van der Waals surface area contributed by atoms with Crippen molar-refractivity contribution < 1.29 is 18.3 Å². The highest BCUT2D eigenvalue weighted by atomic mass is 19.3. The van der Waals surface area contributed by atoms with Gasteiger partial charge < -0.3 is 5.11 Å². The molecule has 0 saturated carbocycles. The number of rotatable bonds is 2. The first-order valence-corrected chi connectivity index (χ1v) is 3.58. The van der Waals surface area contributed by atoms with Gasteiger partial charge in [0.15, 0.2) is 11.5 Å². The van der Waals surface area contributed by atoms with Gasteiger partial charge in [0.05, 0.1) is 17.9 Å². The van der Waals surface area contributed by atoms with Crippen molar-refractivity contribution in [2.24, 2.45) is 0 Å². The second-order valence-electron chi connectivity index (χ2n) is 2.44. The molecule has 6 heteroatoms. The maximum atomic E-state index is 13.0. The van der Waals surface area contributed by atoms with Crippen molar-refractivity contribution in [3.8, 4) is 6.07 Å². The third-order valence-electron chi connectivity index (χ3n) is 1.54. The zero-order chi connectivity index (χ0) is 10.7. The Kier molecular flexibility index (Phi) is 3.04. The minimum atomic E-state index is -3.03. The van der Waals surface area contributed by atoms with Crippen molar-refractivity contribution in [3.05, 3.63) is 28.8 Å². The van der Waals surface area contributed by atoms with Crippen molar-refractivity contribution in [1.29, 1.82) is 5.26 Å². The summed E-state index contributed by atoms with van der Waals surface area (Å²) < 4.78 is 37.4. The molecule has 0 aliphatic rings. The number of alkyl halides is 2. The molecule has 0 unspecified atom stereocenters. The molecule has 0 spiro atoms. The molecule has 0 aromatic carbocycles. The smallest absolute Gasteiger partial charge is 0.266 e. The molecule has 1 heterocycles. The summed E-state index contributed by atoms with van der Waals surface area (Å²) >= 11 is 0. The van der Waals surface area contributed by atoms with Crippen LogP contribution in [0.1, 0.15) is 23.4 Å². The molecule has 74 valence electrons. The standard InChI is InChI=1S/C8H5F3N2O/c9-7-5(8(10)11)1-4(3-14)13-6(7)2-12/h1,8,14H,3H2. The Morgan fingerprint density at radius 2 is 2.21 bits per heavy atom. The van der Waals surface area contributed by atoms with Gasteiger partial charge in [-0.25, -0.2) is 18.2 Å². The van der Waals surface area contributed by atoms with Crippen LogP contribution >= 0.6 is 0 Å². The molecule has 0 aliphatic heterocycles. The van der Waals surface area contributed by atoms with E-state index < -0.39 is 30.1 Å². The van der Waals surface area contributed by atoms with Crippen LogP contribution in [0.15, 0.2) is 6.07 Å². The molecule has 0 radical (unpaired) electrons. The van der Waals surface area contributed by atoms with Crippen LogP contribution < -0.4 is 0 Å². The van der Waals surface area contributed by atoms with Gasteiger partial charge in [-0.05, 0) is 6.07 Å². The molecule has 1 rings (SSSR count). The summed E-state index contributed by atoms with van der Waals surface area (Å²) in [5, 5.41) is 17.0. The third kappa shape index (κ3) is 1.83. The largest absolute Gasteiger partial charge is 0.390 e. The predicted molar refractivity (Wildman–Crippen MR) is 39.8 cm³/mol. The van der Waals surface area contributed by atoms with Gasteiger partial charge in [0.25, 0.3) is 6.43 Å². The number of halogens is 3.